The molecule has 2 rings (SSSR count). The summed E-state index contributed by atoms with van der Waals surface area (Å²) in [6, 6.07) is 3.46. The molecule has 0 aliphatic rings. The zero-order chi connectivity index (χ0) is 18.4. The minimum Gasteiger partial charge on any atom is -0.356 e. The van der Waals surface area contributed by atoms with Crippen molar-refractivity contribution in [2.75, 3.05) is 27.7 Å². The van der Waals surface area contributed by atoms with Gasteiger partial charge in [0, 0.05) is 50.1 Å². The maximum Gasteiger partial charge on any atom is 0.252 e. The van der Waals surface area contributed by atoms with E-state index in [4.69, 9.17) is 0 Å². The van der Waals surface area contributed by atoms with Gasteiger partial charge in [-0.3, -0.25) is 4.99 Å². The number of thiazole rings is 1. The molecule has 138 valence electrons. The van der Waals surface area contributed by atoms with Gasteiger partial charge in [0.15, 0.2) is 5.96 Å². The minimum absolute atomic E-state index is 0.344. The smallest absolute Gasteiger partial charge is 0.252 e. The van der Waals surface area contributed by atoms with Crippen LogP contribution in [0.5, 0.6) is 0 Å². The Labute approximate surface area is 156 Å². The molecular weight excluding hydrogens is 378 g/mol. The number of hydrogen-bond acceptors (Lipinski definition) is 6. The Morgan fingerprint density at radius 3 is 2.64 bits per heavy atom. The quantitative estimate of drug-likeness (QED) is 0.544. The number of nitrogens with zero attached hydrogens (tertiary/aromatic N) is 3. The highest BCUT2D eigenvalue weighted by atomic mass is 32.2. The van der Waals surface area contributed by atoms with Crippen molar-refractivity contribution in [1.82, 2.24) is 19.9 Å². The van der Waals surface area contributed by atoms with E-state index in [-0.39, 0.29) is 0 Å². The second-order valence-corrected chi connectivity index (χ2v) is 10.3. The van der Waals surface area contributed by atoms with Gasteiger partial charge in [0.1, 0.15) is 4.21 Å². The van der Waals surface area contributed by atoms with Crippen LogP contribution in [-0.2, 0) is 23.0 Å². The molecule has 0 unspecified atom stereocenters. The number of nitrogens with one attached hydrogen (secondary N) is 2. The van der Waals surface area contributed by atoms with Gasteiger partial charge < -0.3 is 10.6 Å². The van der Waals surface area contributed by atoms with Crippen molar-refractivity contribution in [3.63, 3.8) is 0 Å². The maximum atomic E-state index is 12.1. The van der Waals surface area contributed by atoms with Gasteiger partial charge in [-0.2, -0.15) is 0 Å². The van der Waals surface area contributed by atoms with Crippen LogP contribution in [-0.4, -0.2) is 51.4 Å². The molecule has 0 spiro atoms. The number of aryl methyl sites for hydroxylation is 1. The van der Waals surface area contributed by atoms with Crippen LogP contribution < -0.4 is 10.6 Å². The van der Waals surface area contributed by atoms with E-state index in [9.17, 15) is 8.42 Å². The lowest BCUT2D eigenvalue weighted by atomic mass is 10.4. The highest BCUT2D eigenvalue weighted by Gasteiger charge is 2.19. The molecule has 0 aliphatic heterocycles. The van der Waals surface area contributed by atoms with Gasteiger partial charge >= 0.3 is 0 Å². The van der Waals surface area contributed by atoms with E-state index >= 15 is 0 Å². The molecule has 0 atom stereocenters. The zero-order valence-electron chi connectivity index (χ0n) is 14.7. The Bertz CT molecular complexity index is 824. The molecule has 2 aromatic rings. The van der Waals surface area contributed by atoms with Crippen LogP contribution in [0.2, 0.25) is 0 Å². The molecule has 25 heavy (non-hydrogen) atoms. The first-order chi connectivity index (χ1) is 11.8. The van der Waals surface area contributed by atoms with Crippen molar-refractivity contribution >= 4 is 38.7 Å². The molecular formula is C15H23N5O2S3. The van der Waals surface area contributed by atoms with Crippen molar-refractivity contribution in [2.45, 2.75) is 24.1 Å². The summed E-state index contributed by atoms with van der Waals surface area (Å²) in [6.45, 7) is 3.29. The number of aliphatic imine (C=N–C) groups is 1. The van der Waals surface area contributed by atoms with Gasteiger partial charge in [-0.1, -0.05) is 0 Å². The first-order valence-corrected chi connectivity index (χ1v) is 10.8. The molecule has 7 nitrogen and oxygen atoms in total. The predicted molar refractivity (Wildman–Crippen MR) is 104 cm³/mol. The van der Waals surface area contributed by atoms with E-state index in [1.165, 1.54) is 34.6 Å². The van der Waals surface area contributed by atoms with Crippen LogP contribution in [0.3, 0.4) is 0 Å². The number of aromatic nitrogens is 1. The van der Waals surface area contributed by atoms with E-state index in [2.05, 4.69) is 20.6 Å². The van der Waals surface area contributed by atoms with Crippen LogP contribution in [0, 0.1) is 6.92 Å². The average Bonchev–Trinajstić information content (AvgIpc) is 3.20. The Kier molecular flexibility index (Phi) is 6.94. The average molecular weight is 402 g/mol. The van der Waals surface area contributed by atoms with Crippen LogP contribution in [0.1, 0.15) is 14.8 Å². The summed E-state index contributed by atoms with van der Waals surface area (Å²) in [4.78, 5) is 10.6. The van der Waals surface area contributed by atoms with Gasteiger partial charge in [-0.05, 0) is 19.1 Å². The molecule has 0 fully saturated rings. The SMILES string of the molecule is CN=C(NCCc1ncc(C)s1)NCc1ccc(S(=O)(=O)N(C)C)s1. The molecule has 0 saturated heterocycles. The largest absolute Gasteiger partial charge is 0.356 e. The second kappa shape index (κ2) is 8.75. The zero-order valence-corrected chi connectivity index (χ0v) is 17.2. The molecule has 10 heteroatoms. The number of sulfonamides is 1. The predicted octanol–water partition coefficient (Wildman–Crippen LogP) is 1.67. The molecule has 0 bridgehead atoms. The highest BCUT2D eigenvalue weighted by Crippen LogP contribution is 2.23. The molecule has 0 saturated carbocycles. The first-order valence-electron chi connectivity index (χ1n) is 7.70. The lowest BCUT2D eigenvalue weighted by Gasteiger charge is -2.10. The third kappa shape index (κ3) is 5.50. The fraction of sp³-hybridized carbons (Fsp3) is 0.467. The standard InChI is InChI=1S/C15H23N5O2S3/c1-11-9-18-13(23-11)7-8-17-15(16-2)19-10-12-5-6-14(24-12)25(21,22)20(3)4/h5-6,9H,7-8,10H2,1-4H3,(H2,16,17,19). The third-order valence-corrected chi connectivity index (χ3v) is 7.67. The van der Waals surface area contributed by atoms with Gasteiger partial charge in [-0.25, -0.2) is 17.7 Å². The normalized spacial score (nSPS) is 12.6. The van der Waals surface area contributed by atoms with E-state index in [0.29, 0.717) is 16.7 Å². The lowest BCUT2D eigenvalue weighted by molar-refractivity contribution is 0.523. The van der Waals surface area contributed by atoms with Crippen molar-refractivity contribution < 1.29 is 8.42 Å². The van der Waals surface area contributed by atoms with Gasteiger partial charge in [0.05, 0.1) is 11.6 Å². The van der Waals surface area contributed by atoms with Crippen molar-refractivity contribution in [2.24, 2.45) is 4.99 Å². The molecule has 2 aromatic heterocycles. The van der Waals surface area contributed by atoms with Crippen molar-refractivity contribution in [3.8, 4) is 0 Å². The van der Waals surface area contributed by atoms with Crippen LogP contribution >= 0.6 is 22.7 Å². The monoisotopic (exact) mass is 401 g/mol. The summed E-state index contributed by atoms with van der Waals surface area (Å²) >= 11 is 2.95. The fourth-order valence-corrected chi connectivity index (χ4v) is 5.22. The minimum atomic E-state index is -3.37. The Balaban J connectivity index is 1.84. The Morgan fingerprint density at radius 1 is 1.28 bits per heavy atom. The van der Waals surface area contributed by atoms with Crippen LogP contribution in [0.25, 0.3) is 0 Å². The summed E-state index contributed by atoms with van der Waals surface area (Å²) in [7, 11) is 1.40. The van der Waals surface area contributed by atoms with Crippen molar-refractivity contribution in [3.05, 3.63) is 33.1 Å². The van der Waals surface area contributed by atoms with E-state index in [1.54, 1.807) is 24.5 Å². The summed E-state index contributed by atoms with van der Waals surface area (Å²) in [5.41, 5.74) is 0. The molecule has 0 amide bonds. The molecule has 0 radical (unpaired) electrons. The number of guanidine groups is 1. The highest BCUT2D eigenvalue weighted by molar-refractivity contribution is 7.91. The van der Waals surface area contributed by atoms with Gasteiger partial charge in [0.25, 0.3) is 10.0 Å². The fourth-order valence-electron chi connectivity index (χ4n) is 1.97. The topological polar surface area (TPSA) is 86.7 Å². The van der Waals surface area contributed by atoms with Gasteiger partial charge in [0.2, 0.25) is 0 Å². The number of rotatable bonds is 7. The Morgan fingerprint density at radius 2 is 2.04 bits per heavy atom. The number of hydrogen-bond donors (Lipinski definition) is 2. The molecule has 2 N–H and O–H groups in total. The third-order valence-electron chi connectivity index (χ3n) is 3.33. The second-order valence-electron chi connectivity index (χ2n) is 5.48. The first kappa shape index (κ1) is 19.8. The van der Waals surface area contributed by atoms with Crippen LogP contribution in [0.4, 0.5) is 0 Å². The van der Waals surface area contributed by atoms with Crippen molar-refractivity contribution in [1.29, 1.82) is 0 Å². The van der Waals surface area contributed by atoms with E-state index in [0.717, 1.165) is 22.9 Å². The molecule has 0 aliphatic carbocycles. The van der Waals surface area contributed by atoms with E-state index in [1.807, 2.05) is 19.2 Å². The summed E-state index contributed by atoms with van der Waals surface area (Å²) < 4.78 is 25.7. The maximum absolute atomic E-state index is 12.1. The van der Waals surface area contributed by atoms with Gasteiger partial charge in [-0.15, -0.1) is 22.7 Å². The molecule has 0 aromatic carbocycles. The van der Waals surface area contributed by atoms with Crippen LogP contribution in [0.15, 0.2) is 27.5 Å². The van der Waals surface area contributed by atoms with E-state index < -0.39 is 10.0 Å². The summed E-state index contributed by atoms with van der Waals surface area (Å²) in [5.74, 6) is 0.679. The Hall–Kier alpha value is -1.49. The summed E-state index contributed by atoms with van der Waals surface area (Å²) in [5, 5.41) is 7.53. The lowest BCUT2D eigenvalue weighted by Crippen LogP contribution is -2.37. The summed E-state index contributed by atoms with van der Waals surface area (Å²) in [6.07, 6.45) is 2.71. The molecule has 2 heterocycles. The number of thiophene rings is 1.